The summed E-state index contributed by atoms with van der Waals surface area (Å²) in [4.78, 5) is 27.0. The first-order chi connectivity index (χ1) is 10.6. The summed E-state index contributed by atoms with van der Waals surface area (Å²) >= 11 is 0. The number of rotatable bonds is 4. The summed E-state index contributed by atoms with van der Waals surface area (Å²) in [5, 5.41) is 2.97. The van der Waals surface area contributed by atoms with Crippen LogP contribution in [0.1, 0.15) is 45.4 Å². The van der Waals surface area contributed by atoms with Crippen LogP contribution in [-0.4, -0.2) is 42.4 Å². The summed E-state index contributed by atoms with van der Waals surface area (Å²) < 4.78 is 0. The zero-order chi connectivity index (χ0) is 15.7. The Bertz CT molecular complexity index is 438. The Morgan fingerprint density at radius 3 is 2.68 bits per heavy atom. The zero-order valence-electron chi connectivity index (χ0n) is 13.6. The smallest absolute Gasteiger partial charge is 0.227 e. The van der Waals surface area contributed by atoms with Gasteiger partial charge >= 0.3 is 0 Å². The fourth-order valence-corrected chi connectivity index (χ4v) is 4.70. The Morgan fingerprint density at radius 2 is 2.00 bits per heavy atom. The van der Waals surface area contributed by atoms with Gasteiger partial charge in [-0.15, -0.1) is 0 Å². The van der Waals surface area contributed by atoms with Crippen molar-refractivity contribution in [3.8, 4) is 0 Å². The van der Waals surface area contributed by atoms with Gasteiger partial charge in [-0.3, -0.25) is 9.59 Å². The van der Waals surface area contributed by atoms with E-state index in [9.17, 15) is 9.59 Å². The molecule has 1 heterocycles. The number of hydrogen-bond acceptors (Lipinski definition) is 3. The summed E-state index contributed by atoms with van der Waals surface area (Å²) in [5.41, 5.74) is 6.31. The van der Waals surface area contributed by atoms with Gasteiger partial charge in [0.05, 0.1) is 11.8 Å². The summed E-state index contributed by atoms with van der Waals surface area (Å²) in [7, 11) is 0. The first-order valence-corrected chi connectivity index (χ1v) is 8.94. The maximum Gasteiger partial charge on any atom is 0.227 e. The van der Waals surface area contributed by atoms with Gasteiger partial charge in [0, 0.05) is 25.7 Å². The van der Waals surface area contributed by atoms with E-state index in [0.29, 0.717) is 18.4 Å². The van der Waals surface area contributed by atoms with Gasteiger partial charge in [-0.1, -0.05) is 6.92 Å². The van der Waals surface area contributed by atoms with E-state index < -0.39 is 0 Å². The number of carbonyl (C=O) groups excluding carboxylic acids is 2. The fraction of sp³-hybridized carbons (Fsp3) is 0.882. The number of nitrogens with one attached hydrogen (secondary N) is 1. The molecule has 5 unspecified atom stereocenters. The number of nitrogens with two attached hydrogens (primary N) is 1. The lowest BCUT2D eigenvalue weighted by atomic mass is 9.83. The molecule has 22 heavy (non-hydrogen) atoms. The van der Waals surface area contributed by atoms with E-state index in [0.717, 1.165) is 45.2 Å². The second kappa shape index (κ2) is 6.57. The zero-order valence-corrected chi connectivity index (χ0v) is 13.6. The lowest BCUT2D eigenvalue weighted by Crippen LogP contribution is -2.51. The van der Waals surface area contributed by atoms with Crippen LogP contribution in [0.3, 0.4) is 0 Å². The van der Waals surface area contributed by atoms with Crippen molar-refractivity contribution in [1.29, 1.82) is 0 Å². The van der Waals surface area contributed by atoms with Crippen LogP contribution in [0.4, 0.5) is 0 Å². The van der Waals surface area contributed by atoms with Crippen molar-refractivity contribution in [2.75, 3.05) is 19.6 Å². The molecule has 2 aliphatic carbocycles. The normalized spacial score (nSPS) is 37.4. The van der Waals surface area contributed by atoms with Gasteiger partial charge in [0.15, 0.2) is 0 Å². The van der Waals surface area contributed by atoms with E-state index in [1.54, 1.807) is 0 Å². The minimum absolute atomic E-state index is 0.0104. The van der Waals surface area contributed by atoms with Crippen LogP contribution >= 0.6 is 0 Å². The highest BCUT2D eigenvalue weighted by Gasteiger charge is 2.50. The first kappa shape index (κ1) is 15.8. The van der Waals surface area contributed by atoms with Crippen LogP contribution in [0.2, 0.25) is 0 Å². The first-order valence-electron chi connectivity index (χ1n) is 8.94. The molecule has 0 aromatic rings. The maximum absolute atomic E-state index is 12.9. The van der Waals surface area contributed by atoms with E-state index in [1.807, 2.05) is 11.8 Å². The van der Waals surface area contributed by atoms with Crippen molar-refractivity contribution in [2.45, 2.75) is 51.5 Å². The second-order valence-electron chi connectivity index (χ2n) is 7.35. The van der Waals surface area contributed by atoms with E-state index in [1.165, 1.54) is 6.42 Å². The molecule has 3 fully saturated rings. The molecule has 3 rings (SSSR count). The quantitative estimate of drug-likeness (QED) is 0.817. The van der Waals surface area contributed by atoms with Gasteiger partial charge < -0.3 is 16.0 Å². The molecule has 1 saturated heterocycles. The third-order valence-corrected chi connectivity index (χ3v) is 5.92. The Hall–Kier alpha value is -1.10. The highest BCUT2D eigenvalue weighted by atomic mass is 16.2. The standard InChI is InChI=1S/C17H29N3O2/c1-2-7-19-16(21)13-4-3-8-20(10-13)17(22)14-11-5-6-12(9-11)15(14)18/h11-15H,2-10,18H2,1H3,(H,19,21). The van der Waals surface area contributed by atoms with Crippen molar-refractivity contribution >= 4 is 11.8 Å². The minimum Gasteiger partial charge on any atom is -0.356 e. The molecule has 5 atom stereocenters. The monoisotopic (exact) mass is 307 g/mol. The molecule has 2 saturated carbocycles. The molecule has 1 aliphatic heterocycles. The number of hydrogen-bond donors (Lipinski definition) is 2. The van der Waals surface area contributed by atoms with Crippen molar-refractivity contribution in [2.24, 2.45) is 29.4 Å². The van der Waals surface area contributed by atoms with Crippen LogP contribution in [-0.2, 0) is 9.59 Å². The molecule has 0 radical (unpaired) electrons. The van der Waals surface area contributed by atoms with Crippen LogP contribution in [0.25, 0.3) is 0 Å². The van der Waals surface area contributed by atoms with Crippen LogP contribution < -0.4 is 11.1 Å². The van der Waals surface area contributed by atoms with E-state index in [2.05, 4.69) is 5.32 Å². The SMILES string of the molecule is CCCNC(=O)C1CCCN(C(=O)C2C3CCC(C3)C2N)C1. The highest BCUT2D eigenvalue weighted by Crippen LogP contribution is 2.48. The molecule has 5 nitrogen and oxygen atoms in total. The summed E-state index contributed by atoms with van der Waals surface area (Å²) in [6.07, 6.45) is 6.24. The molecule has 5 heteroatoms. The summed E-state index contributed by atoms with van der Waals surface area (Å²) in [6.45, 7) is 4.14. The Morgan fingerprint density at radius 1 is 1.23 bits per heavy atom. The Labute approximate surface area is 133 Å². The molecule has 0 aromatic carbocycles. The highest BCUT2D eigenvalue weighted by molar-refractivity contribution is 5.83. The van der Waals surface area contributed by atoms with Gasteiger partial charge in [-0.25, -0.2) is 0 Å². The van der Waals surface area contributed by atoms with E-state index >= 15 is 0 Å². The van der Waals surface area contributed by atoms with Crippen molar-refractivity contribution in [1.82, 2.24) is 10.2 Å². The molecule has 0 spiro atoms. The Balaban J connectivity index is 1.60. The average molecular weight is 307 g/mol. The molecule has 2 amide bonds. The second-order valence-corrected chi connectivity index (χ2v) is 7.35. The van der Waals surface area contributed by atoms with Gasteiger partial charge in [0.25, 0.3) is 0 Å². The lowest BCUT2D eigenvalue weighted by molar-refractivity contribution is -0.141. The van der Waals surface area contributed by atoms with E-state index in [-0.39, 0.29) is 29.7 Å². The maximum atomic E-state index is 12.9. The number of fused-ring (bicyclic) bond motifs is 2. The number of piperidine rings is 1. The summed E-state index contributed by atoms with van der Waals surface area (Å²) in [5.74, 6) is 1.33. The number of nitrogens with zero attached hydrogens (tertiary/aromatic N) is 1. The fourth-order valence-electron chi connectivity index (χ4n) is 4.70. The number of likely N-dealkylation sites (tertiary alicyclic amines) is 1. The molecule has 2 bridgehead atoms. The van der Waals surface area contributed by atoms with Gasteiger partial charge in [0.1, 0.15) is 0 Å². The van der Waals surface area contributed by atoms with Gasteiger partial charge in [-0.2, -0.15) is 0 Å². The van der Waals surface area contributed by atoms with Crippen LogP contribution in [0.15, 0.2) is 0 Å². The third-order valence-electron chi connectivity index (χ3n) is 5.92. The van der Waals surface area contributed by atoms with Crippen molar-refractivity contribution in [3.63, 3.8) is 0 Å². The van der Waals surface area contributed by atoms with Crippen LogP contribution in [0.5, 0.6) is 0 Å². The van der Waals surface area contributed by atoms with E-state index in [4.69, 9.17) is 5.73 Å². The largest absolute Gasteiger partial charge is 0.356 e. The van der Waals surface area contributed by atoms with Gasteiger partial charge in [0.2, 0.25) is 11.8 Å². The molecule has 3 aliphatic rings. The van der Waals surface area contributed by atoms with Gasteiger partial charge in [-0.05, 0) is 50.4 Å². The predicted molar refractivity (Wildman–Crippen MR) is 84.9 cm³/mol. The van der Waals surface area contributed by atoms with Crippen LogP contribution in [0, 0.1) is 23.7 Å². The molecule has 0 aromatic heterocycles. The minimum atomic E-state index is -0.0425. The number of amides is 2. The molecule has 3 N–H and O–H groups in total. The topological polar surface area (TPSA) is 75.4 Å². The molecular weight excluding hydrogens is 278 g/mol. The van der Waals surface area contributed by atoms with Crippen molar-refractivity contribution in [3.05, 3.63) is 0 Å². The lowest BCUT2D eigenvalue weighted by Gasteiger charge is -2.37. The summed E-state index contributed by atoms with van der Waals surface area (Å²) in [6, 6.07) is 0.0422. The molecular formula is C17H29N3O2. The number of carbonyl (C=O) groups is 2. The Kier molecular flexibility index (Phi) is 4.71. The predicted octanol–water partition coefficient (Wildman–Crippen LogP) is 1.12. The van der Waals surface area contributed by atoms with Crippen molar-refractivity contribution < 1.29 is 9.59 Å². The average Bonchev–Trinajstić information content (AvgIpc) is 3.13. The molecule has 124 valence electrons. The third kappa shape index (κ3) is 2.87.